The van der Waals surface area contributed by atoms with Crippen LogP contribution in [0.2, 0.25) is 0 Å². The Morgan fingerprint density at radius 3 is 2.31 bits per heavy atom. The van der Waals surface area contributed by atoms with Gasteiger partial charge in [0.05, 0.1) is 0 Å². The second-order valence-corrected chi connectivity index (χ2v) is 3.84. The lowest BCUT2D eigenvalue weighted by Gasteiger charge is -2.43. The zero-order chi connectivity index (χ0) is 8.82. The number of nitrogens with one attached hydrogen (secondary N) is 1. The van der Waals surface area contributed by atoms with Crippen LogP contribution in [-0.2, 0) is 4.79 Å². The van der Waals surface area contributed by atoms with Crippen LogP contribution in [0.1, 0.15) is 19.3 Å². The number of hydrogen-bond acceptors (Lipinski definition) is 2. The van der Waals surface area contributed by atoms with Crippen LogP contribution in [0.5, 0.6) is 0 Å². The minimum atomic E-state index is -2.01. The van der Waals surface area contributed by atoms with Gasteiger partial charge < -0.3 is 10.4 Å². The molecule has 3 nitrogen and oxygen atoms in total. The van der Waals surface area contributed by atoms with Gasteiger partial charge >= 0.3 is 5.97 Å². The first kappa shape index (κ1) is 10.7. The van der Waals surface area contributed by atoms with Gasteiger partial charge in [0.1, 0.15) is 0 Å². The van der Waals surface area contributed by atoms with E-state index in [2.05, 4.69) is 5.32 Å². The van der Waals surface area contributed by atoms with Gasteiger partial charge in [0.25, 0.3) is 0 Å². The maximum Gasteiger partial charge on any atom is 0.343 e. The molecule has 76 valence electrons. The number of halogens is 2. The largest absolute Gasteiger partial charge is 0.479 e. The van der Waals surface area contributed by atoms with Crippen molar-refractivity contribution in [1.29, 1.82) is 0 Å². The number of alkyl halides is 1. The van der Waals surface area contributed by atoms with Crippen LogP contribution in [0, 0.1) is 5.41 Å². The predicted octanol–water partition coefficient (Wildman–Crippen LogP) is 0.975. The molecule has 13 heavy (non-hydrogen) atoms. The highest BCUT2D eigenvalue weighted by molar-refractivity contribution is 5.85. The zero-order valence-electron chi connectivity index (χ0n) is 7.18. The van der Waals surface area contributed by atoms with Gasteiger partial charge in [0.2, 0.25) is 5.67 Å². The Kier molecular flexibility index (Phi) is 2.56. The van der Waals surface area contributed by atoms with E-state index in [1.54, 1.807) is 0 Å². The molecule has 1 spiro atoms. The number of carboxylic acid groups (broad SMARTS) is 1. The van der Waals surface area contributed by atoms with E-state index in [9.17, 15) is 9.18 Å². The van der Waals surface area contributed by atoms with Gasteiger partial charge in [0.15, 0.2) is 0 Å². The Morgan fingerprint density at radius 2 is 2.00 bits per heavy atom. The number of rotatable bonds is 1. The molecule has 0 radical (unpaired) electrons. The first-order chi connectivity index (χ1) is 5.61. The fourth-order valence-corrected chi connectivity index (χ4v) is 2.28. The fourth-order valence-electron chi connectivity index (χ4n) is 2.28. The minimum absolute atomic E-state index is 0. The molecule has 1 atom stereocenters. The van der Waals surface area contributed by atoms with E-state index in [1.807, 2.05) is 0 Å². The quantitative estimate of drug-likeness (QED) is 0.677. The highest BCUT2D eigenvalue weighted by Crippen LogP contribution is 2.53. The molecule has 0 aromatic heterocycles. The van der Waals surface area contributed by atoms with Crippen molar-refractivity contribution < 1.29 is 14.3 Å². The van der Waals surface area contributed by atoms with Crippen molar-refractivity contribution >= 4 is 18.4 Å². The third-order valence-electron chi connectivity index (χ3n) is 3.32. The summed E-state index contributed by atoms with van der Waals surface area (Å²) in [7, 11) is 0. The van der Waals surface area contributed by atoms with Crippen LogP contribution in [0.4, 0.5) is 4.39 Å². The van der Waals surface area contributed by atoms with Crippen LogP contribution in [0.3, 0.4) is 0 Å². The van der Waals surface area contributed by atoms with Crippen LogP contribution < -0.4 is 5.32 Å². The number of carboxylic acids is 1. The molecular formula is C8H13ClFNO2. The van der Waals surface area contributed by atoms with E-state index in [1.165, 1.54) is 0 Å². The van der Waals surface area contributed by atoms with Crippen LogP contribution in [0.25, 0.3) is 0 Å². The first-order valence-electron chi connectivity index (χ1n) is 4.24. The summed E-state index contributed by atoms with van der Waals surface area (Å²) in [4.78, 5) is 10.7. The van der Waals surface area contributed by atoms with Gasteiger partial charge in [-0.05, 0) is 12.8 Å². The van der Waals surface area contributed by atoms with Gasteiger partial charge in [-0.2, -0.15) is 0 Å². The molecule has 5 heteroatoms. The highest BCUT2D eigenvalue weighted by Gasteiger charge is 2.63. The summed E-state index contributed by atoms with van der Waals surface area (Å²) in [5.74, 6) is -1.30. The highest BCUT2D eigenvalue weighted by atomic mass is 35.5. The summed E-state index contributed by atoms with van der Waals surface area (Å²) in [6.45, 7) is 0.498. The van der Waals surface area contributed by atoms with E-state index < -0.39 is 17.1 Å². The van der Waals surface area contributed by atoms with Crippen molar-refractivity contribution in [1.82, 2.24) is 5.32 Å². The molecule has 2 N–H and O–H groups in total. The van der Waals surface area contributed by atoms with Crippen molar-refractivity contribution in [3.05, 3.63) is 0 Å². The van der Waals surface area contributed by atoms with Gasteiger partial charge in [-0.15, -0.1) is 12.4 Å². The molecule has 1 aliphatic heterocycles. The second kappa shape index (κ2) is 3.10. The summed E-state index contributed by atoms with van der Waals surface area (Å²) < 4.78 is 13.9. The second-order valence-electron chi connectivity index (χ2n) is 3.84. The van der Waals surface area contributed by atoms with Gasteiger partial charge in [-0.25, -0.2) is 9.18 Å². The summed E-state index contributed by atoms with van der Waals surface area (Å²) in [6.07, 6.45) is 2.38. The standard InChI is InChI=1S/C8H12FNO2.ClH/c9-8(6(11)12)5-10-4-7(8)2-1-3-7;/h10H,1-5H2,(H,11,12);1H. The average molecular weight is 210 g/mol. The lowest BCUT2D eigenvalue weighted by atomic mass is 9.61. The van der Waals surface area contributed by atoms with Gasteiger partial charge in [0, 0.05) is 18.5 Å². The van der Waals surface area contributed by atoms with Crippen molar-refractivity contribution in [3.63, 3.8) is 0 Å². The molecular weight excluding hydrogens is 197 g/mol. The zero-order valence-corrected chi connectivity index (χ0v) is 7.99. The summed E-state index contributed by atoms with van der Waals surface area (Å²) in [6, 6.07) is 0. The molecule has 1 unspecified atom stereocenters. The van der Waals surface area contributed by atoms with Crippen molar-refractivity contribution in [2.45, 2.75) is 24.9 Å². The van der Waals surface area contributed by atoms with E-state index >= 15 is 0 Å². The molecule has 0 bridgehead atoms. The average Bonchev–Trinajstić information content (AvgIpc) is 2.26. The monoisotopic (exact) mass is 209 g/mol. The Labute approximate surface area is 82.1 Å². The van der Waals surface area contributed by atoms with E-state index in [0.29, 0.717) is 19.4 Å². The first-order valence-corrected chi connectivity index (χ1v) is 4.24. The molecule has 0 amide bonds. The summed E-state index contributed by atoms with van der Waals surface area (Å²) in [5, 5.41) is 11.6. The fraction of sp³-hybridized carbons (Fsp3) is 0.875. The van der Waals surface area contributed by atoms with Crippen molar-refractivity contribution in [2.24, 2.45) is 5.41 Å². The van der Waals surface area contributed by atoms with Gasteiger partial charge in [-0.3, -0.25) is 0 Å². The van der Waals surface area contributed by atoms with Crippen molar-refractivity contribution in [3.8, 4) is 0 Å². The SMILES string of the molecule is Cl.O=C(O)C1(F)CNCC12CCC2. The third-order valence-corrected chi connectivity index (χ3v) is 3.32. The van der Waals surface area contributed by atoms with Crippen LogP contribution in [0.15, 0.2) is 0 Å². The maximum absolute atomic E-state index is 13.9. The summed E-state index contributed by atoms with van der Waals surface area (Å²) in [5.41, 5.74) is -2.59. The Bertz CT molecular complexity index is 232. The predicted molar refractivity (Wildman–Crippen MR) is 47.9 cm³/mol. The van der Waals surface area contributed by atoms with Gasteiger partial charge in [-0.1, -0.05) is 6.42 Å². The summed E-state index contributed by atoms with van der Waals surface area (Å²) >= 11 is 0. The van der Waals surface area contributed by atoms with Crippen LogP contribution >= 0.6 is 12.4 Å². The smallest absolute Gasteiger partial charge is 0.343 e. The lowest BCUT2D eigenvalue weighted by Crippen LogP contribution is -2.53. The topological polar surface area (TPSA) is 49.3 Å². The molecule has 1 saturated heterocycles. The molecule has 2 rings (SSSR count). The van der Waals surface area contributed by atoms with E-state index in [4.69, 9.17) is 5.11 Å². The molecule has 1 heterocycles. The Balaban J connectivity index is 0.000000845. The number of carbonyl (C=O) groups is 1. The minimum Gasteiger partial charge on any atom is -0.479 e. The van der Waals surface area contributed by atoms with Crippen molar-refractivity contribution in [2.75, 3.05) is 13.1 Å². The maximum atomic E-state index is 13.9. The molecule has 1 saturated carbocycles. The van der Waals surface area contributed by atoms with E-state index in [0.717, 1.165) is 6.42 Å². The number of aliphatic carboxylic acids is 1. The Morgan fingerprint density at radius 1 is 1.38 bits per heavy atom. The molecule has 2 aliphatic rings. The van der Waals surface area contributed by atoms with Crippen LogP contribution in [-0.4, -0.2) is 29.8 Å². The molecule has 1 aliphatic carbocycles. The third kappa shape index (κ3) is 1.15. The lowest BCUT2D eigenvalue weighted by molar-refractivity contribution is -0.162. The molecule has 2 fully saturated rings. The Hall–Kier alpha value is -0.350. The number of hydrogen-bond donors (Lipinski definition) is 2. The van der Waals surface area contributed by atoms with E-state index in [-0.39, 0.29) is 19.0 Å². The normalized spacial score (nSPS) is 35.2. The molecule has 0 aromatic carbocycles. The molecule has 0 aromatic rings.